The number of nitrogens with zero attached hydrogens (tertiary/aromatic N) is 4. The molecule has 1 fully saturated rings. The summed E-state index contributed by atoms with van der Waals surface area (Å²) in [6, 6.07) is 11.2. The molecule has 0 saturated heterocycles. The zero-order valence-corrected chi connectivity index (χ0v) is 17.9. The second-order valence-electron chi connectivity index (χ2n) is 6.82. The van der Waals surface area contributed by atoms with E-state index in [0.717, 1.165) is 33.4 Å². The standard InChI is InChI=1S/C20H19BrN4O3S/c21-15-8-6-14(7-9-15)18-13-29-20(23-16-4-2-1-3-5-16)24(18)22-12-17-10-11-19(28-17)25(26)27/h6-13,16H,1-5H2. The first-order valence-corrected chi connectivity index (χ1v) is 11.1. The summed E-state index contributed by atoms with van der Waals surface area (Å²) in [5.41, 5.74) is 1.92. The van der Waals surface area contributed by atoms with Crippen molar-refractivity contribution in [3.8, 4) is 11.3 Å². The molecule has 0 amide bonds. The van der Waals surface area contributed by atoms with Gasteiger partial charge in [0.05, 0.1) is 24.0 Å². The van der Waals surface area contributed by atoms with E-state index in [4.69, 9.17) is 9.41 Å². The van der Waals surface area contributed by atoms with E-state index in [1.54, 1.807) is 16.0 Å². The van der Waals surface area contributed by atoms with E-state index in [-0.39, 0.29) is 5.88 Å². The summed E-state index contributed by atoms with van der Waals surface area (Å²) < 4.78 is 7.99. The van der Waals surface area contributed by atoms with Crippen LogP contribution in [-0.4, -0.2) is 21.9 Å². The Bertz CT molecular complexity index is 1090. The average molecular weight is 475 g/mol. The summed E-state index contributed by atoms with van der Waals surface area (Å²) in [6.45, 7) is 0. The molecule has 3 aromatic rings. The van der Waals surface area contributed by atoms with E-state index >= 15 is 0 Å². The van der Waals surface area contributed by atoms with Crippen molar-refractivity contribution in [2.45, 2.75) is 38.1 Å². The number of nitro groups is 1. The number of thiazole rings is 1. The highest BCUT2D eigenvalue weighted by molar-refractivity contribution is 9.10. The Kier molecular flexibility index (Phi) is 6.05. The second-order valence-corrected chi connectivity index (χ2v) is 8.57. The van der Waals surface area contributed by atoms with E-state index in [1.165, 1.54) is 37.6 Å². The molecule has 0 radical (unpaired) electrons. The summed E-state index contributed by atoms with van der Waals surface area (Å²) in [6.07, 6.45) is 7.37. The van der Waals surface area contributed by atoms with Crippen molar-refractivity contribution >= 4 is 39.4 Å². The number of benzene rings is 1. The molecule has 0 atom stereocenters. The molecule has 0 spiro atoms. The third-order valence-corrected chi connectivity index (χ3v) is 6.14. The fourth-order valence-electron chi connectivity index (χ4n) is 3.31. The molecule has 9 heteroatoms. The summed E-state index contributed by atoms with van der Waals surface area (Å²) in [5, 5.41) is 17.4. The van der Waals surface area contributed by atoms with Crippen LogP contribution in [0.5, 0.6) is 0 Å². The van der Waals surface area contributed by atoms with Gasteiger partial charge in [-0.05, 0) is 31.0 Å². The van der Waals surface area contributed by atoms with Gasteiger partial charge in [0.2, 0.25) is 4.80 Å². The molecule has 4 rings (SSSR count). The van der Waals surface area contributed by atoms with Gasteiger partial charge in [0.1, 0.15) is 4.92 Å². The number of hydrogen-bond donors (Lipinski definition) is 0. The maximum Gasteiger partial charge on any atom is 0.433 e. The van der Waals surface area contributed by atoms with Gasteiger partial charge in [-0.2, -0.15) is 5.10 Å². The molecule has 0 N–H and O–H groups in total. The van der Waals surface area contributed by atoms with E-state index in [2.05, 4.69) is 21.0 Å². The number of aromatic nitrogens is 1. The van der Waals surface area contributed by atoms with Gasteiger partial charge in [0.15, 0.2) is 5.76 Å². The molecule has 0 unspecified atom stereocenters. The lowest BCUT2D eigenvalue weighted by Gasteiger charge is -2.16. The fourth-order valence-corrected chi connectivity index (χ4v) is 4.48. The van der Waals surface area contributed by atoms with Crippen LogP contribution in [0.15, 0.2) is 60.8 Å². The van der Waals surface area contributed by atoms with Crippen molar-refractivity contribution in [1.29, 1.82) is 0 Å². The van der Waals surface area contributed by atoms with Gasteiger partial charge in [-0.1, -0.05) is 47.3 Å². The smallest absolute Gasteiger partial charge is 0.400 e. The van der Waals surface area contributed by atoms with Gasteiger partial charge < -0.3 is 4.42 Å². The van der Waals surface area contributed by atoms with Crippen LogP contribution in [0, 0.1) is 10.1 Å². The van der Waals surface area contributed by atoms with E-state index < -0.39 is 4.92 Å². The first-order chi connectivity index (χ1) is 14.1. The summed E-state index contributed by atoms with van der Waals surface area (Å²) in [4.78, 5) is 16.0. The third kappa shape index (κ3) is 4.73. The Morgan fingerprint density at radius 2 is 1.93 bits per heavy atom. The monoisotopic (exact) mass is 474 g/mol. The first kappa shape index (κ1) is 19.8. The van der Waals surface area contributed by atoms with Gasteiger partial charge in [0, 0.05) is 15.4 Å². The van der Waals surface area contributed by atoms with Crippen LogP contribution < -0.4 is 4.80 Å². The average Bonchev–Trinajstić information content (AvgIpc) is 3.35. The van der Waals surface area contributed by atoms with Gasteiger partial charge in [-0.25, -0.2) is 4.68 Å². The minimum Gasteiger partial charge on any atom is -0.400 e. The third-order valence-electron chi connectivity index (χ3n) is 4.79. The van der Waals surface area contributed by atoms with Crippen LogP contribution in [0.25, 0.3) is 11.3 Å². The number of hydrogen-bond acceptors (Lipinski definition) is 6. The number of furan rings is 1. The SMILES string of the molecule is O=[N+]([O-])c1ccc(C=Nn2c(-c3ccc(Br)cc3)csc2=NC2CCCCC2)o1. The van der Waals surface area contributed by atoms with Gasteiger partial charge in [-0.15, -0.1) is 11.3 Å². The Hall–Kier alpha value is -2.52. The topological polar surface area (TPSA) is 85.9 Å². The molecule has 0 aliphatic heterocycles. The minimum absolute atomic E-state index is 0.304. The molecule has 2 heterocycles. The van der Waals surface area contributed by atoms with E-state index in [0.29, 0.717) is 11.8 Å². The molecular formula is C20H19BrN4O3S. The van der Waals surface area contributed by atoms with Crippen molar-refractivity contribution in [2.24, 2.45) is 10.1 Å². The van der Waals surface area contributed by atoms with Crippen molar-refractivity contribution in [1.82, 2.24) is 4.68 Å². The summed E-state index contributed by atoms with van der Waals surface area (Å²) >= 11 is 5.01. The molecule has 7 nitrogen and oxygen atoms in total. The normalized spacial score (nSPS) is 16.0. The summed E-state index contributed by atoms with van der Waals surface area (Å²) in [5.74, 6) is 0.0165. The van der Waals surface area contributed by atoms with Crippen LogP contribution in [0.3, 0.4) is 0 Å². The lowest BCUT2D eigenvalue weighted by molar-refractivity contribution is -0.402. The Balaban J connectivity index is 1.74. The molecule has 1 saturated carbocycles. The molecule has 1 aromatic carbocycles. The Morgan fingerprint density at radius 3 is 2.62 bits per heavy atom. The highest BCUT2D eigenvalue weighted by Crippen LogP contribution is 2.24. The first-order valence-electron chi connectivity index (χ1n) is 9.39. The zero-order valence-electron chi connectivity index (χ0n) is 15.5. The van der Waals surface area contributed by atoms with Gasteiger partial charge in [-0.3, -0.25) is 15.1 Å². The molecule has 0 bridgehead atoms. The number of halogens is 1. The van der Waals surface area contributed by atoms with Gasteiger partial charge in [0.25, 0.3) is 0 Å². The van der Waals surface area contributed by atoms with Crippen molar-refractivity contribution < 1.29 is 9.34 Å². The zero-order chi connectivity index (χ0) is 20.2. The highest BCUT2D eigenvalue weighted by Gasteiger charge is 2.15. The van der Waals surface area contributed by atoms with Crippen LogP contribution in [0.1, 0.15) is 37.9 Å². The number of rotatable bonds is 5. The van der Waals surface area contributed by atoms with Crippen LogP contribution in [-0.2, 0) is 0 Å². The van der Waals surface area contributed by atoms with Crippen LogP contribution in [0.2, 0.25) is 0 Å². The second kappa shape index (κ2) is 8.87. The van der Waals surface area contributed by atoms with Crippen molar-refractivity contribution in [2.75, 3.05) is 0 Å². The van der Waals surface area contributed by atoms with Crippen LogP contribution in [0.4, 0.5) is 5.88 Å². The fraction of sp³-hybridized carbons (Fsp3) is 0.300. The lowest BCUT2D eigenvalue weighted by atomic mass is 9.96. The quantitative estimate of drug-likeness (QED) is 0.274. The van der Waals surface area contributed by atoms with E-state index in [9.17, 15) is 10.1 Å². The summed E-state index contributed by atoms with van der Waals surface area (Å²) in [7, 11) is 0. The molecule has 29 heavy (non-hydrogen) atoms. The molecule has 1 aliphatic rings. The highest BCUT2D eigenvalue weighted by atomic mass is 79.9. The maximum atomic E-state index is 10.8. The van der Waals surface area contributed by atoms with Gasteiger partial charge >= 0.3 is 5.88 Å². The predicted octanol–water partition coefficient (Wildman–Crippen LogP) is 5.60. The Labute approximate surface area is 179 Å². The molecule has 150 valence electrons. The van der Waals surface area contributed by atoms with E-state index in [1.807, 2.05) is 29.6 Å². The molecular weight excluding hydrogens is 456 g/mol. The maximum absolute atomic E-state index is 10.8. The van der Waals surface area contributed by atoms with Crippen LogP contribution >= 0.6 is 27.3 Å². The van der Waals surface area contributed by atoms with Crippen molar-refractivity contribution in [3.63, 3.8) is 0 Å². The largest absolute Gasteiger partial charge is 0.433 e. The van der Waals surface area contributed by atoms with Crippen molar-refractivity contribution in [3.05, 3.63) is 66.9 Å². The Morgan fingerprint density at radius 1 is 1.17 bits per heavy atom. The molecule has 1 aliphatic carbocycles. The predicted molar refractivity (Wildman–Crippen MR) is 116 cm³/mol. The lowest BCUT2D eigenvalue weighted by Crippen LogP contribution is -2.18. The molecule has 2 aromatic heterocycles. The minimum atomic E-state index is -0.563.